The van der Waals surface area contributed by atoms with Crippen LogP contribution in [-0.4, -0.2) is 63.2 Å². The Balaban J connectivity index is 0.00000576. The highest BCUT2D eigenvalue weighted by atomic mass is 127. The van der Waals surface area contributed by atoms with Gasteiger partial charge in [-0.1, -0.05) is 13.3 Å². The number of nitrogens with one attached hydrogen (secondary N) is 2. The zero-order chi connectivity index (χ0) is 17.5. The molecule has 0 spiro atoms. The van der Waals surface area contributed by atoms with Gasteiger partial charge in [0.05, 0.1) is 6.10 Å². The lowest BCUT2D eigenvalue weighted by Gasteiger charge is -2.22. The van der Waals surface area contributed by atoms with E-state index in [1.165, 1.54) is 0 Å². The van der Waals surface area contributed by atoms with Gasteiger partial charge >= 0.3 is 0 Å². The number of hydrogen-bond donors (Lipinski definition) is 3. The minimum atomic E-state index is 0. The minimum absolute atomic E-state index is 0. The Morgan fingerprint density at radius 3 is 2.64 bits per heavy atom. The van der Waals surface area contributed by atoms with Crippen LogP contribution in [0.15, 0.2) is 4.99 Å². The lowest BCUT2D eigenvalue weighted by atomic mass is 10.0. The van der Waals surface area contributed by atoms with Crippen molar-refractivity contribution in [3.63, 3.8) is 0 Å². The van der Waals surface area contributed by atoms with Gasteiger partial charge in [0, 0.05) is 46.1 Å². The molecule has 1 saturated heterocycles. The number of hydrogen-bond acceptors (Lipinski definition) is 4. The largest absolute Gasteiger partial charge is 0.396 e. The Hall–Kier alpha value is -0.120. The van der Waals surface area contributed by atoms with Crippen molar-refractivity contribution in [3.05, 3.63) is 0 Å². The van der Waals surface area contributed by atoms with Gasteiger partial charge in [0.15, 0.2) is 5.96 Å². The molecule has 7 heteroatoms. The molecule has 150 valence electrons. The number of aliphatic hydroxyl groups excluding tert-OH is 1. The van der Waals surface area contributed by atoms with Crippen LogP contribution >= 0.6 is 24.0 Å². The van der Waals surface area contributed by atoms with Gasteiger partial charge in [-0.05, 0) is 44.9 Å². The molecule has 0 bridgehead atoms. The van der Waals surface area contributed by atoms with Gasteiger partial charge < -0.3 is 25.2 Å². The highest BCUT2D eigenvalue weighted by Crippen LogP contribution is 2.11. The van der Waals surface area contributed by atoms with E-state index in [1.807, 2.05) is 0 Å². The van der Waals surface area contributed by atoms with E-state index in [2.05, 4.69) is 29.5 Å². The molecule has 1 unspecified atom stereocenters. The average Bonchev–Trinajstić information content (AvgIpc) is 2.60. The van der Waals surface area contributed by atoms with Crippen LogP contribution in [0.25, 0.3) is 0 Å². The second kappa shape index (κ2) is 17.3. The molecule has 0 saturated carbocycles. The fraction of sp³-hybridized carbons (Fsp3) is 0.944. The highest BCUT2D eigenvalue weighted by Gasteiger charge is 2.13. The first-order chi connectivity index (χ1) is 11.8. The monoisotopic (exact) mass is 471 g/mol. The molecule has 0 radical (unpaired) electrons. The molecule has 1 heterocycles. The van der Waals surface area contributed by atoms with Crippen LogP contribution in [0.4, 0.5) is 0 Å². The maximum atomic E-state index is 9.14. The maximum Gasteiger partial charge on any atom is 0.191 e. The van der Waals surface area contributed by atoms with E-state index >= 15 is 0 Å². The number of aliphatic imine (C=N–C) groups is 1. The SMILES string of the molecule is CCCC(CCO)CN=C(NCC)NCCCOC1CCOCC1.I. The summed E-state index contributed by atoms with van der Waals surface area (Å²) in [5, 5.41) is 15.8. The van der Waals surface area contributed by atoms with Gasteiger partial charge in [-0.2, -0.15) is 0 Å². The van der Waals surface area contributed by atoms with E-state index in [0.29, 0.717) is 12.0 Å². The number of guanidine groups is 1. The molecule has 1 atom stereocenters. The van der Waals surface area contributed by atoms with E-state index in [9.17, 15) is 0 Å². The van der Waals surface area contributed by atoms with E-state index in [4.69, 9.17) is 14.6 Å². The third-order valence-corrected chi connectivity index (χ3v) is 4.22. The van der Waals surface area contributed by atoms with Crippen molar-refractivity contribution in [1.82, 2.24) is 10.6 Å². The van der Waals surface area contributed by atoms with Crippen molar-refractivity contribution in [2.75, 3.05) is 46.1 Å². The van der Waals surface area contributed by atoms with Crippen molar-refractivity contribution >= 4 is 29.9 Å². The molecule has 0 aromatic carbocycles. The van der Waals surface area contributed by atoms with Gasteiger partial charge in [-0.15, -0.1) is 24.0 Å². The molecule has 25 heavy (non-hydrogen) atoms. The summed E-state index contributed by atoms with van der Waals surface area (Å²) in [6, 6.07) is 0. The predicted octanol–water partition coefficient (Wildman–Crippen LogP) is 2.54. The lowest BCUT2D eigenvalue weighted by Crippen LogP contribution is -2.38. The van der Waals surface area contributed by atoms with Crippen LogP contribution < -0.4 is 10.6 Å². The van der Waals surface area contributed by atoms with Crippen LogP contribution in [0.5, 0.6) is 0 Å². The van der Waals surface area contributed by atoms with E-state index in [-0.39, 0.29) is 30.6 Å². The van der Waals surface area contributed by atoms with Gasteiger partial charge in [0.25, 0.3) is 0 Å². The molecule has 0 aromatic heterocycles. The minimum Gasteiger partial charge on any atom is -0.396 e. The standard InChI is InChI=1S/C18H37N3O3.HI/c1-3-6-16(7-11-22)15-21-18(19-4-2)20-10-5-12-24-17-8-13-23-14-9-17;/h16-17,22H,3-15H2,1-2H3,(H2,19,20,21);1H. The zero-order valence-corrected chi connectivity index (χ0v) is 18.3. The van der Waals surface area contributed by atoms with Crippen molar-refractivity contribution in [2.45, 2.75) is 58.5 Å². The van der Waals surface area contributed by atoms with Crippen molar-refractivity contribution in [3.8, 4) is 0 Å². The highest BCUT2D eigenvalue weighted by molar-refractivity contribution is 14.0. The quantitative estimate of drug-likeness (QED) is 0.177. The Labute approximate surface area is 170 Å². The molecule has 3 N–H and O–H groups in total. The van der Waals surface area contributed by atoms with E-state index < -0.39 is 0 Å². The Morgan fingerprint density at radius 2 is 2.00 bits per heavy atom. The van der Waals surface area contributed by atoms with Crippen molar-refractivity contribution in [2.24, 2.45) is 10.9 Å². The molecule has 1 aliphatic heterocycles. The third kappa shape index (κ3) is 12.8. The van der Waals surface area contributed by atoms with Crippen LogP contribution in [0.3, 0.4) is 0 Å². The fourth-order valence-corrected chi connectivity index (χ4v) is 2.85. The summed E-state index contributed by atoms with van der Waals surface area (Å²) >= 11 is 0. The number of halogens is 1. The second-order valence-corrected chi connectivity index (χ2v) is 6.35. The average molecular weight is 471 g/mol. The van der Waals surface area contributed by atoms with Gasteiger partial charge in [0.1, 0.15) is 0 Å². The van der Waals surface area contributed by atoms with Crippen molar-refractivity contribution < 1.29 is 14.6 Å². The summed E-state index contributed by atoms with van der Waals surface area (Å²) in [6.07, 6.45) is 6.44. The molecule has 0 aliphatic carbocycles. The summed E-state index contributed by atoms with van der Waals surface area (Å²) in [6.45, 7) is 9.39. The Kier molecular flexibility index (Phi) is 17.2. The van der Waals surface area contributed by atoms with Gasteiger partial charge in [-0.3, -0.25) is 4.99 Å². The molecule has 6 nitrogen and oxygen atoms in total. The number of nitrogens with zero attached hydrogens (tertiary/aromatic N) is 1. The first-order valence-electron chi connectivity index (χ1n) is 9.62. The molecular weight excluding hydrogens is 433 g/mol. The second-order valence-electron chi connectivity index (χ2n) is 6.35. The summed E-state index contributed by atoms with van der Waals surface area (Å²) < 4.78 is 11.2. The maximum absolute atomic E-state index is 9.14. The topological polar surface area (TPSA) is 75.1 Å². The van der Waals surface area contributed by atoms with Crippen LogP contribution in [-0.2, 0) is 9.47 Å². The van der Waals surface area contributed by atoms with Crippen LogP contribution in [0.1, 0.15) is 52.4 Å². The molecular formula is C18H38IN3O3. The Morgan fingerprint density at radius 1 is 1.24 bits per heavy atom. The first kappa shape index (κ1) is 24.9. The third-order valence-electron chi connectivity index (χ3n) is 4.22. The van der Waals surface area contributed by atoms with Gasteiger partial charge in [-0.25, -0.2) is 0 Å². The fourth-order valence-electron chi connectivity index (χ4n) is 2.85. The summed E-state index contributed by atoms with van der Waals surface area (Å²) in [4.78, 5) is 4.66. The smallest absolute Gasteiger partial charge is 0.191 e. The van der Waals surface area contributed by atoms with Crippen LogP contribution in [0.2, 0.25) is 0 Å². The molecule has 0 amide bonds. The Bertz CT molecular complexity index is 321. The predicted molar refractivity (Wildman–Crippen MR) is 114 cm³/mol. The lowest BCUT2D eigenvalue weighted by molar-refractivity contribution is -0.0320. The molecule has 1 fully saturated rings. The zero-order valence-electron chi connectivity index (χ0n) is 16.0. The normalized spacial score (nSPS) is 17.0. The summed E-state index contributed by atoms with van der Waals surface area (Å²) in [7, 11) is 0. The van der Waals surface area contributed by atoms with E-state index in [0.717, 1.165) is 83.9 Å². The number of ether oxygens (including phenoxy) is 2. The summed E-state index contributed by atoms with van der Waals surface area (Å²) in [5.74, 6) is 1.33. The summed E-state index contributed by atoms with van der Waals surface area (Å²) in [5.41, 5.74) is 0. The molecule has 1 rings (SSSR count). The van der Waals surface area contributed by atoms with E-state index in [1.54, 1.807) is 0 Å². The van der Waals surface area contributed by atoms with Crippen molar-refractivity contribution in [1.29, 1.82) is 0 Å². The molecule has 1 aliphatic rings. The van der Waals surface area contributed by atoms with Crippen LogP contribution in [0, 0.1) is 5.92 Å². The van der Waals surface area contributed by atoms with Gasteiger partial charge in [0.2, 0.25) is 0 Å². The number of aliphatic hydroxyl groups is 1. The molecule has 0 aromatic rings. The first-order valence-corrected chi connectivity index (χ1v) is 9.62. The number of rotatable bonds is 12.